The molecule has 0 spiro atoms. The Balaban J connectivity index is 1.52. The van der Waals surface area contributed by atoms with Gasteiger partial charge in [-0.05, 0) is 79.4 Å². The van der Waals surface area contributed by atoms with E-state index in [-0.39, 0.29) is 22.7 Å². The summed E-state index contributed by atoms with van der Waals surface area (Å²) < 4.78 is 51.9. The summed E-state index contributed by atoms with van der Waals surface area (Å²) in [4.78, 5) is 26.0. The molecule has 0 bridgehead atoms. The van der Waals surface area contributed by atoms with Gasteiger partial charge >= 0.3 is 18.2 Å². The first kappa shape index (κ1) is 30.9. The molecule has 1 N–H and O–H groups in total. The predicted molar refractivity (Wildman–Crippen MR) is 161 cm³/mol. The van der Waals surface area contributed by atoms with Crippen molar-refractivity contribution in [1.82, 2.24) is 4.90 Å². The van der Waals surface area contributed by atoms with Crippen molar-refractivity contribution in [3.8, 4) is 28.0 Å². The van der Waals surface area contributed by atoms with Gasteiger partial charge in [-0.15, -0.1) is 0 Å². The molecule has 1 fully saturated rings. The quantitative estimate of drug-likeness (QED) is 0.222. The second kappa shape index (κ2) is 11.9. The fourth-order valence-electron chi connectivity index (χ4n) is 5.57. The maximum atomic E-state index is 13.5. The van der Waals surface area contributed by atoms with E-state index in [1.165, 1.54) is 17.0 Å². The minimum Gasteiger partial charge on any atom is -0.496 e. The van der Waals surface area contributed by atoms with Crippen LogP contribution in [0, 0.1) is 13.8 Å². The number of aromatic carboxylic acids is 1. The zero-order chi connectivity index (χ0) is 31.9. The van der Waals surface area contributed by atoms with Crippen molar-refractivity contribution in [2.45, 2.75) is 45.6 Å². The van der Waals surface area contributed by atoms with Crippen LogP contribution in [0.2, 0.25) is 5.02 Å². The molecule has 1 aliphatic heterocycles. The number of carbonyl (C=O) groups excluding carboxylic acids is 1. The van der Waals surface area contributed by atoms with Gasteiger partial charge in [0.05, 0.1) is 30.8 Å². The summed E-state index contributed by atoms with van der Waals surface area (Å²) in [6, 6.07) is 18.9. The average molecular weight is 624 g/mol. The summed E-state index contributed by atoms with van der Waals surface area (Å²) >= 11 is 6.47. The highest BCUT2D eigenvalue weighted by molar-refractivity contribution is 6.33. The standard InChI is InChI=1S/C34H29ClF3NO5/c1-18-5-8-26(28-15-21(7-10-30(28)43-4)27-9-6-22(32(40)41)16-29(27)35)24(11-18)17-39-20(3)31(44-33(39)42)23-12-19(2)13-25(14-23)34(36,37)38/h5-16,20,31H,17H2,1-4H3,(H,40,41)/t20-,31-/m0/s1. The molecule has 0 aliphatic carbocycles. The van der Waals surface area contributed by atoms with E-state index in [0.29, 0.717) is 22.4 Å². The van der Waals surface area contributed by atoms with Crippen molar-refractivity contribution in [1.29, 1.82) is 0 Å². The summed E-state index contributed by atoms with van der Waals surface area (Å²) in [7, 11) is 1.54. The summed E-state index contributed by atoms with van der Waals surface area (Å²) in [6.45, 7) is 5.38. The molecule has 2 atom stereocenters. The molecule has 0 aromatic heterocycles. The van der Waals surface area contributed by atoms with E-state index in [1.54, 1.807) is 39.2 Å². The first-order chi connectivity index (χ1) is 20.8. The van der Waals surface area contributed by atoms with E-state index >= 15 is 0 Å². The molecule has 1 heterocycles. The number of aryl methyl sites for hydroxylation is 2. The highest BCUT2D eigenvalue weighted by Crippen LogP contribution is 2.41. The zero-order valence-electron chi connectivity index (χ0n) is 24.3. The van der Waals surface area contributed by atoms with Gasteiger partial charge in [0.25, 0.3) is 0 Å². The predicted octanol–water partition coefficient (Wildman–Crippen LogP) is 9.10. The van der Waals surface area contributed by atoms with E-state index in [4.69, 9.17) is 21.1 Å². The van der Waals surface area contributed by atoms with Crippen LogP contribution in [0.5, 0.6) is 5.75 Å². The van der Waals surface area contributed by atoms with E-state index < -0.39 is 35.9 Å². The van der Waals surface area contributed by atoms with Crippen LogP contribution in [0.25, 0.3) is 22.3 Å². The molecular weight excluding hydrogens is 595 g/mol. The van der Waals surface area contributed by atoms with Crippen LogP contribution in [0.1, 0.15) is 51.2 Å². The molecule has 0 radical (unpaired) electrons. The lowest BCUT2D eigenvalue weighted by atomic mass is 9.93. The minimum absolute atomic E-state index is 0.0681. The summed E-state index contributed by atoms with van der Waals surface area (Å²) in [5.74, 6) is -0.523. The van der Waals surface area contributed by atoms with Gasteiger partial charge in [-0.3, -0.25) is 4.90 Å². The van der Waals surface area contributed by atoms with Gasteiger partial charge in [0, 0.05) is 16.1 Å². The number of carbonyl (C=O) groups is 2. The van der Waals surface area contributed by atoms with Crippen LogP contribution < -0.4 is 4.74 Å². The van der Waals surface area contributed by atoms with Gasteiger partial charge in [0.1, 0.15) is 11.9 Å². The molecule has 0 saturated carbocycles. The third kappa shape index (κ3) is 6.10. The second-order valence-corrected chi connectivity index (χ2v) is 11.3. The van der Waals surface area contributed by atoms with Crippen molar-refractivity contribution in [2.24, 2.45) is 0 Å². The Morgan fingerprint density at radius 1 is 0.955 bits per heavy atom. The largest absolute Gasteiger partial charge is 0.496 e. The molecule has 1 amide bonds. The smallest absolute Gasteiger partial charge is 0.416 e. The van der Waals surface area contributed by atoms with E-state index in [1.807, 2.05) is 37.3 Å². The number of rotatable bonds is 7. The molecule has 228 valence electrons. The number of halogens is 4. The number of carboxylic acid groups (broad SMARTS) is 1. The maximum absolute atomic E-state index is 13.5. The fourth-order valence-corrected chi connectivity index (χ4v) is 5.86. The van der Waals surface area contributed by atoms with Crippen LogP contribution in [0.15, 0.2) is 72.8 Å². The summed E-state index contributed by atoms with van der Waals surface area (Å²) in [5, 5.41) is 9.59. The van der Waals surface area contributed by atoms with Gasteiger partial charge < -0.3 is 14.6 Å². The van der Waals surface area contributed by atoms with E-state index in [2.05, 4.69) is 0 Å². The fraction of sp³-hybridized carbons (Fsp3) is 0.235. The molecular formula is C34H29ClF3NO5. The van der Waals surface area contributed by atoms with Crippen molar-refractivity contribution in [2.75, 3.05) is 7.11 Å². The molecule has 10 heteroatoms. The molecule has 6 nitrogen and oxygen atoms in total. The van der Waals surface area contributed by atoms with Gasteiger partial charge in [-0.2, -0.15) is 13.2 Å². The van der Waals surface area contributed by atoms with Crippen LogP contribution >= 0.6 is 11.6 Å². The number of carboxylic acids is 1. The second-order valence-electron chi connectivity index (χ2n) is 10.9. The number of nitrogens with zero attached hydrogens (tertiary/aromatic N) is 1. The van der Waals surface area contributed by atoms with Crippen LogP contribution in [-0.4, -0.2) is 35.2 Å². The first-order valence-corrected chi connectivity index (χ1v) is 14.1. The van der Waals surface area contributed by atoms with E-state index in [9.17, 15) is 27.9 Å². The topological polar surface area (TPSA) is 76.1 Å². The van der Waals surface area contributed by atoms with Crippen molar-refractivity contribution < 1.29 is 37.3 Å². The number of ether oxygens (including phenoxy) is 2. The molecule has 5 rings (SSSR count). The number of amides is 1. The monoisotopic (exact) mass is 623 g/mol. The molecule has 4 aromatic carbocycles. The maximum Gasteiger partial charge on any atom is 0.416 e. The summed E-state index contributed by atoms with van der Waals surface area (Å²) in [6.07, 6.45) is -6.04. The number of hydrogen-bond acceptors (Lipinski definition) is 4. The number of hydrogen-bond donors (Lipinski definition) is 1. The van der Waals surface area contributed by atoms with Gasteiger partial charge in [-0.25, -0.2) is 9.59 Å². The van der Waals surface area contributed by atoms with Crippen molar-refractivity contribution in [3.63, 3.8) is 0 Å². The summed E-state index contributed by atoms with van der Waals surface area (Å²) in [5.41, 5.74) is 4.53. The third-order valence-corrected chi connectivity index (χ3v) is 8.08. The lowest BCUT2D eigenvalue weighted by Gasteiger charge is -2.24. The van der Waals surface area contributed by atoms with Gasteiger partial charge in [0.2, 0.25) is 0 Å². The molecule has 44 heavy (non-hydrogen) atoms. The average Bonchev–Trinajstić information content (AvgIpc) is 3.24. The zero-order valence-corrected chi connectivity index (χ0v) is 25.1. The molecule has 1 saturated heterocycles. The minimum atomic E-state index is -4.53. The van der Waals surface area contributed by atoms with Crippen molar-refractivity contribution in [3.05, 3.63) is 111 Å². The Labute approximate surface area is 257 Å². The Morgan fingerprint density at radius 2 is 1.68 bits per heavy atom. The Morgan fingerprint density at radius 3 is 2.34 bits per heavy atom. The number of methoxy groups -OCH3 is 1. The highest BCUT2D eigenvalue weighted by atomic mass is 35.5. The van der Waals surface area contributed by atoms with Crippen molar-refractivity contribution >= 4 is 23.7 Å². The molecule has 1 aliphatic rings. The molecule has 4 aromatic rings. The lowest BCUT2D eigenvalue weighted by molar-refractivity contribution is -0.137. The van der Waals surface area contributed by atoms with Gasteiger partial charge in [0.15, 0.2) is 0 Å². The van der Waals surface area contributed by atoms with Gasteiger partial charge in [-0.1, -0.05) is 59.1 Å². The number of cyclic esters (lactones) is 1. The Hall–Kier alpha value is -4.50. The number of benzene rings is 4. The molecule has 0 unspecified atom stereocenters. The van der Waals surface area contributed by atoms with Crippen LogP contribution in [0.3, 0.4) is 0 Å². The third-order valence-electron chi connectivity index (χ3n) is 7.77. The lowest BCUT2D eigenvalue weighted by Crippen LogP contribution is -2.31. The normalized spacial score (nSPS) is 16.6. The van der Waals surface area contributed by atoms with Crippen LogP contribution in [-0.2, 0) is 17.5 Å². The Kier molecular flexibility index (Phi) is 8.36. The number of alkyl halides is 3. The van der Waals surface area contributed by atoms with E-state index in [0.717, 1.165) is 34.4 Å². The SMILES string of the molecule is COc1ccc(-c2ccc(C(=O)O)cc2Cl)cc1-c1ccc(C)cc1CN1C(=O)O[C@H](c2cc(C)cc(C(F)(F)F)c2)[C@@H]1C. The highest BCUT2D eigenvalue weighted by Gasteiger charge is 2.41. The Bertz CT molecular complexity index is 1770. The van der Waals surface area contributed by atoms with Crippen LogP contribution in [0.4, 0.5) is 18.0 Å². The first-order valence-electron chi connectivity index (χ1n) is 13.7.